The standard InChI is InChI=1S/C14H19BrO/c1-14(2)7-6-10-4-5-11(16-3)8-12(10)13(15)9-14/h4-5,8,13H,6-7,9H2,1-3H3. The molecule has 0 radical (unpaired) electrons. The molecule has 1 aromatic carbocycles. The van der Waals surface area contributed by atoms with Gasteiger partial charge in [0, 0.05) is 4.83 Å². The zero-order chi connectivity index (χ0) is 11.8. The van der Waals surface area contributed by atoms with E-state index in [2.05, 4.69) is 48.0 Å². The molecule has 0 aromatic heterocycles. The predicted molar refractivity (Wildman–Crippen MR) is 71.4 cm³/mol. The van der Waals surface area contributed by atoms with Crippen LogP contribution >= 0.6 is 15.9 Å². The smallest absolute Gasteiger partial charge is 0.119 e. The molecule has 2 heteroatoms. The fourth-order valence-electron chi connectivity index (χ4n) is 2.39. The lowest BCUT2D eigenvalue weighted by Gasteiger charge is -2.23. The maximum Gasteiger partial charge on any atom is 0.119 e. The maximum absolute atomic E-state index is 5.30. The summed E-state index contributed by atoms with van der Waals surface area (Å²) in [5.41, 5.74) is 3.29. The molecule has 16 heavy (non-hydrogen) atoms. The first kappa shape index (κ1) is 12.0. The lowest BCUT2D eigenvalue weighted by Crippen LogP contribution is -2.11. The third kappa shape index (κ3) is 2.42. The molecule has 1 aromatic rings. The van der Waals surface area contributed by atoms with Gasteiger partial charge in [-0.25, -0.2) is 0 Å². The molecule has 0 bridgehead atoms. The van der Waals surface area contributed by atoms with E-state index in [0.717, 1.165) is 5.75 Å². The number of fused-ring (bicyclic) bond motifs is 1. The molecule has 0 amide bonds. The summed E-state index contributed by atoms with van der Waals surface area (Å²) >= 11 is 3.82. The topological polar surface area (TPSA) is 9.23 Å². The van der Waals surface area contributed by atoms with Crippen LogP contribution in [0.25, 0.3) is 0 Å². The van der Waals surface area contributed by atoms with Crippen molar-refractivity contribution in [1.29, 1.82) is 0 Å². The molecule has 1 aliphatic carbocycles. The summed E-state index contributed by atoms with van der Waals surface area (Å²) < 4.78 is 5.30. The highest BCUT2D eigenvalue weighted by Crippen LogP contribution is 2.44. The van der Waals surface area contributed by atoms with Crippen molar-refractivity contribution < 1.29 is 4.74 Å². The van der Waals surface area contributed by atoms with Gasteiger partial charge in [0.2, 0.25) is 0 Å². The Labute approximate surface area is 106 Å². The second-order valence-electron chi connectivity index (χ2n) is 5.40. The van der Waals surface area contributed by atoms with E-state index in [4.69, 9.17) is 4.74 Å². The van der Waals surface area contributed by atoms with Crippen LogP contribution in [-0.2, 0) is 6.42 Å². The van der Waals surface area contributed by atoms with Gasteiger partial charge >= 0.3 is 0 Å². The van der Waals surface area contributed by atoms with Gasteiger partial charge in [-0.05, 0) is 47.9 Å². The highest BCUT2D eigenvalue weighted by molar-refractivity contribution is 9.09. The van der Waals surface area contributed by atoms with Gasteiger partial charge < -0.3 is 4.74 Å². The molecule has 0 heterocycles. The monoisotopic (exact) mass is 282 g/mol. The average Bonchev–Trinajstić information content (AvgIpc) is 2.35. The van der Waals surface area contributed by atoms with Crippen LogP contribution in [0.3, 0.4) is 0 Å². The Bertz CT molecular complexity index is 384. The molecular weight excluding hydrogens is 264 g/mol. The van der Waals surface area contributed by atoms with Crippen LogP contribution in [0.5, 0.6) is 5.75 Å². The van der Waals surface area contributed by atoms with Gasteiger partial charge in [0.25, 0.3) is 0 Å². The van der Waals surface area contributed by atoms with Crippen molar-refractivity contribution in [2.75, 3.05) is 7.11 Å². The van der Waals surface area contributed by atoms with Gasteiger partial charge in [-0.15, -0.1) is 0 Å². The fourth-order valence-corrected chi connectivity index (χ4v) is 3.69. The van der Waals surface area contributed by atoms with Crippen LogP contribution in [0.4, 0.5) is 0 Å². The van der Waals surface area contributed by atoms with Crippen molar-refractivity contribution in [3.05, 3.63) is 29.3 Å². The Kier molecular flexibility index (Phi) is 3.29. The van der Waals surface area contributed by atoms with E-state index in [1.54, 1.807) is 7.11 Å². The van der Waals surface area contributed by atoms with Crippen LogP contribution < -0.4 is 4.74 Å². The Hall–Kier alpha value is -0.500. The summed E-state index contributed by atoms with van der Waals surface area (Å²) in [5.74, 6) is 0.961. The normalized spacial score (nSPS) is 23.4. The van der Waals surface area contributed by atoms with Crippen LogP contribution in [0, 0.1) is 5.41 Å². The summed E-state index contributed by atoms with van der Waals surface area (Å²) in [4.78, 5) is 0.454. The number of halogens is 1. The Balaban J connectivity index is 2.37. The van der Waals surface area contributed by atoms with E-state index in [-0.39, 0.29) is 0 Å². The molecule has 88 valence electrons. The predicted octanol–water partition coefficient (Wildman–Crippen LogP) is 4.49. The lowest BCUT2D eigenvalue weighted by molar-refractivity contribution is 0.316. The first-order valence-corrected chi connectivity index (χ1v) is 6.74. The second-order valence-corrected chi connectivity index (χ2v) is 6.51. The summed E-state index contributed by atoms with van der Waals surface area (Å²) in [5, 5.41) is 0. The molecule has 2 rings (SSSR count). The van der Waals surface area contributed by atoms with Crippen LogP contribution in [0.1, 0.15) is 42.6 Å². The maximum atomic E-state index is 5.30. The first-order valence-electron chi connectivity index (χ1n) is 5.83. The van der Waals surface area contributed by atoms with Crippen molar-refractivity contribution in [2.24, 2.45) is 5.41 Å². The molecule has 0 saturated heterocycles. The fraction of sp³-hybridized carbons (Fsp3) is 0.571. The third-order valence-corrected chi connectivity index (χ3v) is 4.31. The van der Waals surface area contributed by atoms with E-state index in [1.165, 1.54) is 30.4 Å². The molecular formula is C14H19BrO. The molecule has 1 atom stereocenters. The van der Waals surface area contributed by atoms with Crippen molar-refractivity contribution in [1.82, 2.24) is 0 Å². The first-order chi connectivity index (χ1) is 7.52. The Morgan fingerprint density at radius 1 is 1.38 bits per heavy atom. The van der Waals surface area contributed by atoms with Crippen molar-refractivity contribution in [2.45, 2.75) is 37.9 Å². The molecule has 1 aliphatic rings. The number of hydrogen-bond donors (Lipinski definition) is 0. The summed E-state index contributed by atoms with van der Waals surface area (Å²) in [6.45, 7) is 4.70. The van der Waals surface area contributed by atoms with E-state index < -0.39 is 0 Å². The SMILES string of the molecule is COc1ccc2c(c1)C(Br)CC(C)(C)CC2. The molecule has 0 N–H and O–H groups in total. The van der Waals surface area contributed by atoms with Crippen LogP contribution in [-0.4, -0.2) is 7.11 Å². The Morgan fingerprint density at radius 2 is 2.12 bits per heavy atom. The molecule has 0 spiro atoms. The number of alkyl halides is 1. The number of aryl methyl sites for hydroxylation is 1. The largest absolute Gasteiger partial charge is 0.497 e. The second kappa shape index (κ2) is 4.40. The minimum Gasteiger partial charge on any atom is -0.497 e. The number of benzene rings is 1. The number of hydrogen-bond acceptors (Lipinski definition) is 1. The van der Waals surface area contributed by atoms with Gasteiger partial charge in [-0.3, -0.25) is 0 Å². The molecule has 1 nitrogen and oxygen atoms in total. The highest BCUT2D eigenvalue weighted by Gasteiger charge is 2.28. The van der Waals surface area contributed by atoms with Crippen LogP contribution in [0.2, 0.25) is 0 Å². The molecule has 0 fully saturated rings. The zero-order valence-electron chi connectivity index (χ0n) is 10.2. The van der Waals surface area contributed by atoms with E-state index >= 15 is 0 Å². The summed E-state index contributed by atoms with van der Waals surface area (Å²) in [6, 6.07) is 6.46. The number of methoxy groups -OCH3 is 1. The average molecular weight is 283 g/mol. The minimum absolute atomic E-state index is 0.417. The van der Waals surface area contributed by atoms with Gasteiger partial charge in [-0.1, -0.05) is 35.8 Å². The molecule has 0 saturated carbocycles. The van der Waals surface area contributed by atoms with Crippen molar-refractivity contribution in [3.8, 4) is 5.75 Å². The molecule has 0 aliphatic heterocycles. The van der Waals surface area contributed by atoms with E-state index in [0.29, 0.717) is 10.2 Å². The van der Waals surface area contributed by atoms with Gasteiger partial charge in [0.15, 0.2) is 0 Å². The Morgan fingerprint density at radius 3 is 2.81 bits per heavy atom. The lowest BCUT2D eigenvalue weighted by atomic mass is 9.84. The number of rotatable bonds is 1. The van der Waals surface area contributed by atoms with Crippen molar-refractivity contribution in [3.63, 3.8) is 0 Å². The quantitative estimate of drug-likeness (QED) is 0.545. The highest BCUT2D eigenvalue weighted by atomic mass is 79.9. The van der Waals surface area contributed by atoms with E-state index in [1.807, 2.05) is 0 Å². The van der Waals surface area contributed by atoms with E-state index in [9.17, 15) is 0 Å². The minimum atomic E-state index is 0.417. The van der Waals surface area contributed by atoms with Crippen LogP contribution in [0.15, 0.2) is 18.2 Å². The third-order valence-electron chi connectivity index (χ3n) is 3.49. The van der Waals surface area contributed by atoms with Gasteiger partial charge in [0.05, 0.1) is 7.11 Å². The molecule has 1 unspecified atom stereocenters. The van der Waals surface area contributed by atoms with Crippen molar-refractivity contribution >= 4 is 15.9 Å². The summed E-state index contributed by atoms with van der Waals surface area (Å²) in [7, 11) is 1.73. The van der Waals surface area contributed by atoms with Gasteiger partial charge in [-0.2, -0.15) is 0 Å². The summed E-state index contributed by atoms with van der Waals surface area (Å²) in [6.07, 6.45) is 3.62. The number of ether oxygens (including phenoxy) is 1. The zero-order valence-corrected chi connectivity index (χ0v) is 11.8. The van der Waals surface area contributed by atoms with Gasteiger partial charge in [0.1, 0.15) is 5.75 Å².